The molecule has 144 valence electrons. The summed E-state index contributed by atoms with van der Waals surface area (Å²) in [5.74, 6) is -1.08. The lowest BCUT2D eigenvalue weighted by molar-refractivity contribution is -0.139. The molecule has 9 heteroatoms. The molecular formula is C19H13BrClNO5S. The van der Waals surface area contributed by atoms with E-state index in [-0.39, 0.29) is 17.7 Å². The number of nitrogens with zero attached hydrogens (tertiary/aromatic N) is 1. The van der Waals surface area contributed by atoms with Crippen LogP contribution in [0.4, 0.5) is 4.79 Å². The molecule has 2 aromatic carbocycles. The average Bonchev–Trinajstić information content (AvgIpc) is 2.90. The average molecular weight is 483 g/mol. The molecule has 0 aliphatic carbocycles. The molecule has 1 heterocycles. The third kappa shape index (κ3) is 4.95. The van der Waals surface area contributed by atoms with Gasteiger partial charge in [0.2, 0.25) is 0 Å². The molecule has 0 atom stereocenters. The van der Waals surface area contributed by atoms with Gasteiger partial charge in [0.05, 0.1) is 15.9 Å². The van der Waals surface area contributed by atoms with Crippen molar-refractivity contribution in [3.05, 3.63) is 68.0 Å². The van der Waals surface area contributed by atoms with Crippen LogP contribution in [0.5, 0.6) is 5.75 Å². The number of rotatable bonds is 6. The summed E-state index contributed by atoms with van der Waals surface area (Å²) in [6.07, 6.45) is 1.61. The molecule has 1 aliphatic rings. The third-order valence-electron chi connectivity index (χ3n) is 3.73. The van der Waals surface area contributed by atoms with Crippen LogP contribution in [0.25, 0.3) is 6.08 Å². The Balaban J connectivity index is 1.75. The van der Waals surface area contributed by atoms with E-state index in [1.807, 2.05) is 0 Å². The van der Waals surface area contributed by atoms with Gasteiger partial charge >= 0.3 is 5.97 Å². The van der Waals surface area contributed by atoms with Gasteiger partial charge in [-0.1, -0.05) is 29.8 Å². The molecule has 0 saturated carbocycles. The molecule has 1 fully saturated rings. The van der Waals surface area contributed by atoms with Crippen molar-refractivity contribution in [1.82, 2.24) is 4.90 Å². The molecule has 0 radical (unpaired) electrons. The van der Waals surface area contributed by atoms with Crippen LogP contribution in [0.15, 0.2) is 51.8 Å². The maximum absolute atomic E-state index is 12.6. The van der Waals surface area contributed by atoms with E-state index in [9.17, 15) is 14.4 Å². The molecule has 2 amide bonds. The van der Waals surface area contributed by atoms with E-state index < -0.39 is 12.6 Å². The lowest BCUT2D eigenvalue weighted by Crippen LogP contribution is -2.27. The van der Waals surface area contributed by atoms with E-state index in [1.54, 1.807) is 48.5 Å². The second-order valence-electron chi connectivity index (χ2n) is 5.77. The Labute approximate surface area is 178 Å². The molecule has 6 nitrogen and oxygen atoms in total. The number of carbonyl (C=O) groups is 3. The Morgan fingerprint density at radius 3 is 2.57 bits per heavy atom. The molecule has 1 saturated heterocycles. The van der Waals surface area contributed by atoms with Crippen LogP contribution >= 0.6 is 39.3 Å². The molecule has 0 bridgehead atoms. The van der Waals surface area contributed by atoms with Crippen LogP contribution < -0.4 is 4.74 Å². The number of aliphatic carboxylic acids is 1. The van der Waals surface area contributed by atoms with Crippen LogP contribution in [0.1, 0.15) is 11.1 Å². The Bertz CT molecular complexity index is 977. The fourth-order valence-corrected chi connectivity index (χ4v) is 3.90. The Morgan fingerprint density at radius 2 is 1.93 bits per heavy atom. The zero-order valence-corrected chi connectivity index (χ0v) is 17.4. The van der Waals surface area contributed by atoms with Crippen LogP contribution in [0.3, 0.4) is 0 Å². The highest BCUT2D eigenvalue weighted by Gasteiger charge is 2.34. The third-order valence-corrected chi connectivity index (χ3v) is 5.51. The van der Waals surface area contributed by atoms with Crippen molar-refractivity contribution in [2.45, 2.75) is 6.54 Å². The van der Waals surface area contributed by atoms with Gasteiger partial charge in [-0.15, -0.1) is 0 Å². The maximum Gasteiger partial charge on any atom is 0.341 e. The lowest BCUT2D eigenvalue weighted by atomic mass is 10.2. The molecule has 3 rings (SSSR count). The normalized spacial score (nSPS) is 15.4. The monoisotopic (exact) mass is 481 g/mol. The van der Waals surface area contributed by atoms with Crippen molar-refractivity contribution >= 4 is 62.5 Å². The minimum Gasteiger partial charge on any atom is -0.481 e. The van der Waals surface area contributed by atoms with Gasteiger partial charge < -0.3 is 9.84 Å². The summed E-state index contributed by atoms with van der Waals surface area (Å²) in [5.41, 5.74) is 1.47. The summed E-state index contributed by atoms with van der Waals surface area (Å²) in [5, 5.41) is 8.92. The predicted octanol–water partition coefficient (Wildman–Crippen LogP) is 4.80. The first-order valence-electron chi connectivity index (χ1n) is 7.97. The highest BCUT2D eigenvalue weighted by atomic mass is 79.9. The number of ether oxygens (including phenoxy) is 1. The molecule has 28 heavy (non-hydrogen) atoms. The Morgan fingerprint density at radius 1 is 1.21 bits per heavy atom. The number of carboxylic acid groups (broad SMARTS) is 1. The molecule has 0 spiro atoms. The second kappa shape index (κ2) is 8.81. The molecule has 1 aliphatic heterocycles. The lowest BCUT2D eigenvalue weighted by Gasteiger charge is -2.12. The van der Waals surface area contributed by atoms with Gasteiger partial charge in [-0.3, -0.25) is 14.5 Å². The SMILES string of the molecule is O=C(O)COc1ccc(/C=C2\SC(=O)N(Cc3ccc(Cl)cc3)C2=O)cc1Br. The fraction of sp³-hybridized carbons (Fsp3) is 0.105. The largest absolute Gasteiger partial charge is 0.481 e. The maximum atomic E-state index is 12.6. The minimum absolute atomic E-state index is 0.171. The van der Waals surface area contributed by atoms with Gasteiger partial charge in [-0.05, 0) is 69.2 Å². The molecular weight excluding hydrogens is 470 g/mol. The van der Waals surface area contributed by atoms with E-state index in [4.69, 9.17) is 21.4 Å². The van der Waals surface area contributed by atoms with Crippen LogP contribution in [-0.4, -0.2) is 33.7 Å². The van der Waals surface area contributed by atoms with Crippen molar-refractivity contribution in [3.63, 3.8) is 0 Å². The van der Waals surface area contributed by atoms with Gasteiger partial charge in [0, 0.05) is 5.02 Å². The van der Waals surface area contributed by atoms with E-state index in [0.29, 0.717) is 25.7 Å². The number of hydrogen-bond donors (Lipinski definition) is 1. The van der Waals surface area contributed by atoms with Crippen LogP contribution in [0, 0.1) is 0 Å². The van der Waals surface area contributed by atoms with Crippen molar-refractivity contribution < 1.29 is 24.2 Å². The zero-order valence-electron chi connectivity index (χ0n) is 14.2. The molecule has 0 aromatic heterocycles. The smallest absolute Gasteiger partial charge is 0.341 e. The van der Waals surface area contributed by atoms with Crippen LogP contribution in [0.2, 0.25) is 5.02 Å². The first kappa shape index (κ1) is 20.4. The molecule has 2 aromatic rings. The predicted molar refractivity (Wildman–Crippen MR) is 110 cm³/mol. The summed E-state index contributed by atoms with van der Waals surface area (Å²) in [6.45, 7) is -0.285. The highest BCUT2D eigenvalue weighted by molar-refractivity contribution is 9.10. The number of halogens is 2. The highest BCUT2D eigenvalue weighted by Crippen LogP contribution is 2.34. The summed E-state index contributed by atoms with van der Waals surface area (Å²) in [4.78, 5) is 36.9. The van der Waals surface area contributed by atoms with Gasteiger partial charge in [0.1, 0.15) is 5.75 Å². The van der Waals surface area contributed by atoms with Gasteiger partial charge in [0.25, 0.3) is 11.1 Å². The number of amides is 2. The number of hydrogen-bond acceptors (Lipinski definition) is 5. The first-order valence-corrected chi connectivity index (χ1v) is 9.96. The standard InChI is InChI=1S/C19H13BrClNO5S/c20-14-7-12(3-6-15(14)27-10-17(23)24)8-16-18(25)22(19(26)28-16)9-11-1-4-13(21)5-2-11/h1-8H,9-10H2,(H,23,24)/b16-8-. The fourth-order valence-electron chi connectivity index (χ4n) is 2.42. The van der Waals surface area contributed by atoms with Gasteiger partial charge in [-0.25, -0.2) is 4.79 Å². The molecule has 0 unspecified atom stereocenters. The van der Waals surface area contributed by atoms with E-state index in [2.05, 4.69) is 15.9 Å². The minimum atomic E-state index is -1.08. The summed E-state index contributed by atoms with van der Waals surface area (Å²) in [6, 6.07) is 11.9. The van der Waals surface area contributed by atoms with Crippen LogP contribution in [-0.2, 0) is 16.1 Å². The van der Waals surface area contributed by atoms with Crippen molar-refractivity contribution in [2.75, 3.05) is 6.61 Å². The topological polar surface area (TPSA) is 83.9 Å². The Hall–Kier alpha value is -2.29. The number of benzene rings is 2. The van der Waals surface area contributed by atoms with Crippen molar-refractivity contribution in [1.29, 1.82) is 0 Å². The number of imide groups is 1. The van der Waals surface area contributed by atoms with Gasteiger partial charge in [0.15, 0.2) is 6.61 Å². The van der Waals surface area contributed by atoms with E-state index >= 15 is 0 Å². The van der Waals surface area contributed by atoms with Crippen molar-refractivity contribution in [3.8, 4) is 5.75 Å². The Kier molecular flexibility index (Phi) is 6.43. The van der Waals surface area contributed by atoms with E-state index in [0.717, 1.165) is 17.3 Å². The first-order chi connectivity index (χ1) is 13.3. The number of carbonyl (C=O) groups excluding carboxylic acids is 2. The quantitative estimate of drug-likeness (QED) is 0.595. The van der Waals surface area contributed by atoms with E-state index in [1.165, 1.54) is 4.90 Å². The number of thioether (sulfide) groups is 1. The van der Waals surface area contributed by atoms with Crippen molar-refractivity contribution in [2.24, 2.45) is 0 Å². The molecule has 1 N–H and O–H groups in total. The van der Waals surface area contributed by atoms with Gasteiger partial charge in [-0.2, -0.15) is 0 Å². The zero-order chi connectivity index (χ0) is 20.3. The second-order valence-corrected chi connectivity index (χ2v) is 8.05. The summed E-state index contributed by atoms with van der Waals surface area (Å²) < 4.78 is 5.69. The number of carboxylic acids is 1. The summed E-state index contributed by atoms with van der Waals surface area (Å²) in [7, 11) is 0. The summed E-state index contributed by atoms with van der Waals surface area (Å²) >= 11 is 10.0.